The average Bonchev–Trinajstić information content (AvgIpc) is 3.16. The van der Waals surface area contributed by atoms with E-state index in [-0.39, 0.29) is 11.7 Å². The lowest BCUT2D eigenvalue weighted by Crippen LogP contribution is -2.31. The summed E-state index contributed by atoms with van der Waals surface area (Å²) in [5.41, 5.74) is 3.61. The standard InChI is InChI=1S/C17H24N2O3S/c1-2-14-4-3-5-16-15(10-18-17(14)16)6-8-19-23(20,21)12-13-7-9-22-11-13/h3-5,10,13,18-19H,2,6-9,11-12H2,1H3/t13-/m1/s1. The van der Waals surface area contributed by atoms with Gasteiger partial charge in [0.2, 0.25) is 10.0 Å². The maximum absolute atomic E-state index is 12.1. The second kappa shape index (κ2) is 7.03. The van der Waals surface area contributed by atoms with E-state index in [2.05, 4.69) is 34.8 Å². The van der Waals surface area contributed by atoms with Gasteiger partial charge in [0.05, 0.1) is 12.4 Å². The normalized spacial score (nSPS) is 18.7. The molecular weight excluding hydrogens is 312 g/mol. The van der Waals surface area contributed by atoms with Gasteiger partial charge < -0.3 is 9.72 Å². The Hall–Kier alpha value is -1.37. The molecule has 1 atom stereocenters. The molecule has 0 bridgehead atoms. The Bertz CT molecular complexity index is 761. The first-order valence-electron chi connectivity index (χ1n) is 8.22. The van der Waals surface area contributed by atoms with E-state index in [0.29, 0.717) is 26.2 Å². The van der Waals surface area contributed by atoms with Crippen molar-refractivity contribution in [1.29, 1.82) is 0 Å². The molecule has 6 heteroatoms. The molecule has 3 rings (SSSR count). The fraction of sp³-hybridized carbons (Fsp3) is 0.529. The van der Waals surface area contributed by atoms with E-state index in [9.17, 15) is 8.42 Å². The zero-order valence-electron chi connectivity index (χ0n) is 13.5. The molecule has 0 radical (unpaired) electrons. The SMILES string of the molecule is CCc1cccc2c(CCNS(=O)(=O)C[C@@H]3CCOC3)c[nH]c12. The van der Waals surface area contributed by atoms with E-state index in [1.165, 1.54) is 10.9 Å². The number of ether oxygens (including phenoxy) is 1. The summed E-state index contributed by atoms with van der Waals surface area (Å²) in [6, 6.07) is 6.27. The summed E-state index contributed by atoms with van der Waals surface area (Å²) in [6.07, 6.45) is 4.49. The molecule has 2 N–H and O–H groups in total. The van der Waals surface area contributed by atoms with Crippen LogP contribution in [0.5, 0.6) is 0 Å². The Labute approximate surface area is 137 Å². The predicted molar refractivity (Wildman–Crippen MR) is 92.1 cm³/mol. The first kappa shape index (κ1) is 16.5. The zero-order chi connectivity index (χ0) is 16.3. The van der Waals surface area contributed by atoms with Crippen molar-refractivity contribution >= 4 is 20.9 Å². The Morgan fingerprint density at radius 3 is 2.96 bits per heavy atom. The van der Waals surface area contributed by atoms with Gasteiger partial charge in [0.15, 0.2) is 0 Å². The first-order valence-corrected chi connectivity index (χ1v) is 9.87. The van der Waals surface area contributed by atoms with Crippen LogP contribution in [0.3, 0.4) is 0 Å². The first-order chi connectivity index (χ1) is 11.1. The Morgan fingerprint density at radius 2 is 2.22 bits per heavy atom. The van der Waals surface area contributed by atoms with Gasteiger partial charge in [0.1, 0.15) is 0 Å². The molecular formula is C17H24N2O3S. The minimum Gasteiger partial charge on any atom is -0.381 e. The molecule has 1 aliphatic heterocycles. The number of aromatic amines is 1. The number of fused-ring (bicyclic) bond motifs is 1. The molecule has 2 heterocycles. The third kappa shape index (κ3) is 3.94. The van der Waals surface area contributed by atoms with Crippen molar-refractivity contribution in [3.63, 3.8) is 0 Å². The molecule has 5 nitrogen and oxygen atoms in total. The highest BCUT2D eigenvalue weighted by molar-refractivity contribution is 7.89. The number of para-hydroxylation sites is 1. The molecule has 2 aromatic rings. The highest BCUT2D eigenvalue weighted by Crippen LogP contribution is 2.22. The lowest BCUT2D eigenvalue weighted by Gasteiger charge is -2.10. The van der Waals surface area contributed by atoms with Crippen LogP contribution in [-0.4, -0.2) is 38.9 Å². The third-order valence-electron chi connectivity index (χ3n) is 4.46. The number of H-pyrrole nitrogens is 1. The van der Waals surface area contributed by atoms with Crippen molar-refractivity contribution in [3.05, 3.63) is 35.5 Å². The Morgan fingerprint density at radius 1 is 1.35 bits per heavy atom. The Balaban J connectivity index is 1.60. The van der Waals surface area contributed by atoms with Crippen molar-refractivity contribution in [3.8, 4) is 0 Å². The van der Waals surface area contributed by atoms with Gasteiger partial charge >= 0.3 is 0 Å². The molecule has 1 aromatic carbocycles. The van der Waals surface area contributed by atoms with Gasteiger partial charge in [-0.1, -0.05) is 25.1 Å². The number of hydrogen-bond donors (Lipinski definition) is 2. The van der Waals surface area contributed by atoms with E-state index in [4.69, 9.17) is 4.74 Å². The van der Waals surface area contributed by atoms with Crippen LogP contribution >= 0.6 is 0 Å². The minimum atomic E-state index is -3.22. The van der Waals surface area contributed by atoms with E-state index in [1.807, 2.05) is 6.20 Å². The molecule has 0 unspecified atom stereocenters. The number of aryl methyl sites for hydroxylation is 1. The van der Waals surface area contributed by atoms with Gasteiger partial charge in [0.25, 0.3) is 0 Å². The quantitative estimate of drug-likeness (QED) is 0.814. The summed E-state index contributed by atoms with van der Waals surface area (Å²) in [5.74, 6) is 0.300. The van der Waals surface area contributed by atoms with E-state index < -0.39 is 10.0 Å². The summed E-state index contributed by atoms with van der Waals surface area (Å²) >= 11 is 0. The average molecular weight is 336 g/mol. The minimum absolute atomic E-state index is 0.132. The molecule has 0 saturated carbocycles. The largest absolute Gasteiger partial charge is 0.381 e. The maximum atomic E-state index is 12.1. The molecule has 126 valence electrons. The second-order valence-electron chi connectivity index (χ2n) is 6.16. The molecule has 0 amide bonds. The summed E-state index contributed by atoms with van der Waals surface area (Å²) in [7, 11) is -3.22. The van der Waals surface area contributed by atoms with Crippen molar-refractivity contribution in [1.82, 2.24) is 9.71 Å². The second-order valence-corrected chi connectivity index (χ2v) is 8.01. The van der Waals surface area contributed by atoms with Crippen LogP contribution in [0.2, 0.25) is 0 Å². The summed E-state index contributed by atoms with van der Waals surface area (Å²) in [5, 5.41) is 1.19. The van der Waals surface area contributed by atoms with E-state index >= 15 is 0 Å². The Kier molecular flexibility index (Phi) is 5.04. The van der Waals surface area contributed by atoms with Crippen molar-refractivity contribution in [2.75, 3.05) is 25.5 Å². The van der Waals surface area contributed by atoms with Crippen molar-refractivity contribution < 1.29 is 13.2 Å². The van der Waals surface area contributed by atoms with Crippen LogP contribution in [0, 0.1) is 5.92 Å². The van der Waals surface area contributed by atoms with E-state index in [1.54, 1.807) is 0 Å². The number of nitrogens with one attached hydrogen (secondary N) is 2. The summed E-state index contributed by atoms with van der Waals surface area (Å²) in [6.45, 7) is 3.80. The van der Waals surface area contributed by atoms with Crippen LogP contribution in [-0.2, 0) is 27.6 Å². The zero-order valence-corrected chi connectivity index (χ0v) is 14.3. The van der Waals surface area contributed by atoms with Crippen LogP contribution < -0.4 is 4.72 Å². The van der Waals surface area contributed by atoms with Gasteiger partial charge in [-0.25, -0.2) is 13.1 Å². The molecule has 0 spiro atoms. The van der Waals surface area contributed by atoms with Gasteiger partial charge in [-0.15, -0.1) is 0 Å². The summed E-state index contributed by atoms with van der Waals surface area (Å²) < 4.78 is 32.2. The topological polar surface area (TPSA) is 71.2 Å². The van der Waals surface area contributed by atoms with Gasteiger partial charge in [-0.2, -0.15) is 0 Å². The highest BCUT2D eigenvalue weighted by Gasteiger charge is 2.22. The monoisotopic (exact) mass is 336 g/mol. The molecule has 1 fully saturated rings. The number of sulfonamides is 1. The van der Waals surface area contributed by atoms with Crippen molar-refractivity contribution in [2.45, 2.75) is 26.2 Å². The molecule has 1 aromatic heterocycles. The third-order valence-corrected chi connectivity index (χ3v) is 6.02. The lowest BCUT2D eigenvalue weighted by atomic mass is 10.1. The van der Waals surface area contributed by atoms with Crippen LogP contribution in [0.1, 0.15) is 24.5 Å². The molecule has 23 heavy (non-hydrogen) atoms. The van der Waals surface area contributed by atoms with Crippen molar-refractivity contribution in [2.24, 2.45) is 5.92 Å². The van der Waals surface area contributed by atoms with Gasteiger partial charge in [0, 0.05) is 30.3 Å². The van der Waals surface area contributed by atoms with Gasteiger partial charge in [-0.3, -0.25) is 0 Å². The number of hydrogen-bond acceptors (Lipinski definition) is 3. The highest BCUT2D eigenvalue weighted by atomic mass is 32.2. The fourth-order valence-corrected chi connectivity index (χ4v) is 4.62. The van der Waals surface area contributed by atoms with Crippen LogP contribution in [0.25, 0.3) is 10.9 Å². The smallest absolute Gasteiger partial charge is 0.211 e. The maximum Gasteiger partial charge on any atom is 0.211 e. The summed E-state index contributed by atoms with van der Waals surface area (Å²) in [4.78, 5) is 3.32. The number of benzene rings is 1. The van der Waals surface area contributed by atoms with E-state index in [0.717, 1.165) is 23.9 Å². The number of aromatic nitrogens is 1. The molecule has 0 aliphatic carbocycles. The molecule has 1 aliphatic rings. The molecule has 1 saturated heterocycles. The fourth-order valence-electron chi connectivity index (χ4n) is 3.20. The van der Waals surface area contributed by atoms with Crippen LogP contribution in [0.4, 0.5) is 0 Å². The van der Waals surface area contributed by atoms with Gasteiger partial charge in [-0.05, 0) is 36.3 Å². The predicted octanol–water partition coefficient (Wildman–Crippen LogP) is 2.23. The van der Waals surface area contributed by atoms with Crippen LogP contribution in [0.15, 0.2) is 24.4 Å². The number of rotatable bonds is 7. The lowest BCUT2D eigenvalue weighted by molar-refractivity contribution is 0.188.